The molecule has 4 nitrogen and oxygen atoms in total. The van der Waals surface area contributed by atoms with Gasteiger partial charge in [-0.25, -0.2) is 4.98 Å². The summed E-state index contributed by atoms with van der Waals surface area (Å²) in [5, 5.41) is 2.34. The minimum Gasteiger partial charge on any atom is -0.493 e. The molecule has 0 N–H and O–H groups in total. The Labute approximate surface area is 200 Å². The van der Waals surface area contributed by atoms with Crippen molar-refractivity contribution in [2.45, 2.75) is 26.0 Å². The third-order valence-corrected chi connectivity index (χ3v) is 5.96. The van der Waals surface area contributed by atoms with Crippen LogP contribution in [0.3, 0.4) is 0 Å². The molecule has 4 heteroatoms. The molecule has 5 aromatic rings. The van der Waals surface area contributed by atoms with Gasteiger partial charge in [0.25, 0.3) is 0 Å². The zero-order valence-electron chi connectivity index (χ0n) is 19.2. The number of allylic oxidation sites excluding steroid dienone is 1. The summed E-state index contributed by atoms with van der Waals surface area (Å²) in [6.07, 6.45) is 3.54. The van der Waals surface area contributed by atoms with Gasteiger partial charge in [0.1, 0.15) is 23.9 Å². The van der Waals surface area contributed by atoms with Crippen molar-refractivity contribution in [3.05, 3.63) is 115 Å². The van der Waals surface area contributed by atoms with Crippen LogP contribution in [-0.4, -0.2) is 16.2 Å². The second-order valence-corrected chi connectivity index (χ2v) is 8.24. The highest BCUT2D eigenvalue weighted by Gasteiger charge is 2.12. The summed E-state index contributed by atoms with van der Waals surface area (Å²) in [6, 6.07) is 30.8. The molecule has 0 amide bonds. The van der Waals surface area contributed by atoms with Gasteiger partial charge in [-0.3, -0.25) is 0 Å². The highest BCUT2D eigenvalue weighted by atomic mass is 16.5. The number of ether oxygens (including phenoxy) is 2. The summed E-state index contributed by atoms with van der Waals surface area (Å²) in [7, 11) is 0. The fourth-order valence-corrected chi connectivity index (χ4v) is 4.32. The molecule has 0 aliphatic carbocycles. The summed E-state index contributed by atoms with van der Waals surface area (Å²) >= 11 is 0. The second-order valence-electron chi connectivity index (χ2n) is 8.24. The highest BCUT2D eigenvalue weighted by molar-refractivity contribution is 5.88. The fourth-order valence-electron chi connectivity index (χ4n) is 4.32. The zero-order chi connectivity index (χ0) is 23.2. The summed E-state index contributed by atoms with van der Waals surface area (Å²) in [5.41, 5.74) is 3.23. The molecule has 5 rings (SSSR count). The molecule has 0 radical (unpaired) electrons. The quantitative estimate of drug-likeness (QED) is 0.171. The molecule has 0 aliphatic rings. The number of hydrogen-bond donors (Lipinski definition) is 0. The lowest BCUT2D eigenvalue weighted by Crippen LogP contribution is -2.10. The van der Waals surface area contributed by atoms with E-state index in [9.17, 15) is 0 Å². The normalized spacial score (nSPS) is 11.1. The van der Waals surface area contributed by atoms with Crippen molar-refractivity contribution in [3.63, 3.8) is 0 Å². The molecule has 0 saturated carbocycles. The molecule has 0 aliphatic heterocycles. The van der Waals surface area contributed by atoms with Gasteiger partial charge in [-0.15, -0.1) is 6.58 Å². The molecule has 4 aromatic carbocycles. The van der Waals surface area contributed by atoms with E-state index in [1.807, 2.05) is 54.6 Å². The van der Waals surface area contributed by atoms with E-state index in [4.69, 9.17) is 14.5 Å². The van der Waals surface area contributed by atoms with Crippen LogP contribution in [0.4, 0.5) is 0 Å². The van der Waals surface area contributed by atoms with Crippen molar-refractivity contribution in [3.8, 4) is 11.5 Å². The Balaban J connectivity index is 1.30. The minimum absolute atomic E-state index is 0.410. The molecule has 0 bridgehead atoms. The lowest BCUT2D eigenvalue weighted by molar-refractivity contribution is 0.279. The van der Waals surface area contributed by atoms with E-state index in [1.54, 1.807) is 0 Å². The standard InChI is InChI=1S/C30H28N2O2/c1-2-11-24-13-4-8-18-28(24)34-22-30-31-26-16-6-7-17-27(26)32(30)20-10-21-33-29-19-9-14-23-12-3-5-15-25(23)29/h2-9,12-19H,1,10-11,20-22H2. The van der Waals surface area contributed by atoms with E-state index in [0.717, 1.165) is 58.7 Å². The molecule has 0 fully saturated rings. The molecule has 1 aromatic heterocycles. The Morgan fingerprint density at radius 3 is 2.50 bits per heavy atom. The molecule has 0 unspecified atom stereocenters. The Morgan fingerprint density at radius 2 is 1.56 bits per heavy atom. The largest absolute Gasteiger partial charge is 0.493 e. The van der Waals surface area contributed by atoms with E-state index < -0.39 is 0 Å². The monoisotopic (exact) mass is 448 g/mol. The van der Waals surface area contributed by atoms with Crippen molar-refractivity contribution in [2.75, 3.05) is 6.61 Å². The number of fused-ring (bicyclic) bond motifs is 2. The van der Waals surface area contributed by atoms with E-state index in [0.29, 0.717) is 13.2 Å². The fraction of sp³-hybridized carbons (Fsp3) is 0.167. The second kappa shape index (κ2) is 10.3. The lowest BCUT2D eigenvalue weighted by atomic mass is 10.1. The van der Waals surface area contributed by atoms with Crippen LogP contribution >= 0.6 is 0 Å². The van der Waals surface area contributed by atoms with Gasteiger partial charge < -0.3 is 14.0 Å². The molecule has 170 valence electrons. The topological polar surface area (TPSA) is 36.3 Å². The Morgan fingerprint density at radius 1 is 0.794 bits per heavy atom. The van der Waals surface area contributed by atoms with Crippen molar-refractivity contribution < 1.29 is 9.47 Å². The average molecular weight is 449 g/mol. The van der Waals surface area contributed by atoms with Gasteiger partial charge in [0, 0.05) is 11.9 Å². The number of imidazole rings is 1. The summed E-state index contributed by atoms with van der Waals surface area (Å²) in [4.78, 5) is 4.86. The number of hydrogen-bond acceptors (Lipinski definition) is 3. The van der Waals surface area contributed by atoms with Crippen LogP contribution in [0, 0.1) is 0 Å². The number of para-hydroxylation sites is 3. The SMILES string of the molecule is C=CCc1ccccc1OCc1nc2ccccc2n1CCCOc1cccc2ccccc12. The van der Waals surface area contributed by atoms with Crippen LogP contribution in [0.25, 0.3) is 21.8 Å². The van der Waals surface area contributed by atoms with Crippen LogP contribution in [0.15, 0.2) is 104 Å². The van der Waals surface area contributed by atoms with Crippen LogP contribution in [0.2, 0.25) is 0 Å². The van der Waals surface area contributed by atoms with Gasteiger partial charge in [0.05, 0.1) is 17.6 Å². The first-order valence-electron chi connectivity index (χ1n) is 11.7. The highest BCUT2D eigenvalue weighted by Crippen LogP contribution is 2.26. The summed E-state index contributed by atoms with van der Waals surface area (Å²) in [5.74, 6) is 2.72. The molecule has 34 heavy (non-hydrogen) atoms. The molecule has 0 atom stereocenters. The van der Waals surface area contributed by atoms with Crippen molar-refractivity contribution in [1.29, 1.82) is 0 Å². The van der Waals surface area contributed by atoms with Crippen molar-refractivity contribution >= 4 is 21.8 Å². The van der Waals surface area contributed by atoms with Gasteiger partial charge in [0.15, 0.2) is 0 Å². The molecule has 1 heterocycles. The minimum atomic E-state index is 0.410. The van der Waals surface area contributed by atoms with E-state index in [1.165, 1.54) is 5.39 Å². The third-order valence-electron chi connectivity index (χ3n) is 5.96. The number of benzene rings is 4. The van der Waals surface area contributed by atoms with Gasteiger partial charge in [-0.1, -0.05) is 72.8 Å². The van der Waals surface area contributed by atoms with Crippen LogP contribution in [0.5, 0.6) is 11.5 Å². The lowest BCUT2D eigenvalue weighted by Gasteiger charge is -2.13. The van der Waals surface area contributed by atoms with Crippen LogP contribution in [0.1, 0.15) is 17.8 Å². The van der Waals surface area contributed by atoms with Crippen LogP contribution in [-0.2, 0) is 19.6 Å². The smallest absolute Gasteiger partial charge is 0.148 e. The maximum Gasteiger partial charge on any atom is 0.148 e. The predicted molar refractivity (Wildman–Crippen MR) is 138 cm³/mol. The van der Waals surface area contributed by atoms with Gasteiger partial charge >= 0.3 is 0 Å². The van der Waals surface area contributed by atoms with E-state index in [-0.39, 0.29) is 0 Å². The number of rotatable bonds is 10. The molecular weight excluding hydrogens is 420 g/mol. The number of nitrogens with zero attached hydrogens (tertiary/aromatic N) is 2. The first-order chi connectivity index (χ1) is 16.8. The predicted octanol–water partition coefficient (Wildman–Crippen LogP) is 6.97. The Hall–Kier alpha value is -4.05. The molecule has 0 spiro atoms. The first kappa shape index (κ1) is 21.8. The summed E-state index contributed by atoms with van der Waals surface area (Å²) in [6.45, 7) is 5.70. The number of aryl methyl sites for hydroxylation is 1. The number of aromatic nitrogens is 2. The zero-order valence-corrected chi connectivity index (χ0v) is 19.2. The summed E-state index contributed by atoms with van der Waals surface area (Å²) < 4.78 is 14.6. The maximum atomic E-state index is 6.21. The molecular formula is C30H28N2O2. The molecule has 0 saturated heterocycles. The first-order valence-corrected chi connectivity index (χ1v) is 11.7. The van der Waals surface area contributed by atoms with Gasteiger partial charge in [-0.2, -0.15) is 0 Å². The van der Waals surface area contributed by atoms with Gasteiger partial charge in [0.2, 0.25) is 0 Å². The van der Waals surface area contributed by atoms with Crippen molar-refractivity contribution in [2.24, 2.45) is 0 Å². The van der Waals surface area contributed by atoms with Gasteiger partial charge in [-0.05, 0) is 48.1 Å². The van der Waals surface area contributed by atoms with Crippen LogP contribution < -0.4 is 9.47 Å². The maximum absolute atomic E-state index is 6.21. The van der Waals surface area contributed by atoms with E-state index in [2.05, 4.69) is 53.6 Å². The third kappa shape index (κ3) is 4.67. The Bertz CT molecular complexity index is 1410. The van der Waals surface area contributed by atoms with Crippen molar-refractivity contribution in [1.82, 2.24) is 9.55 Å². The Kier molecular flexibility index (Phi) is 6.57. The van der Waals surface area contributed by atoms with E-state index >= 15 is 0 Å². The average Bonchev–Trinajstić information content (AvgIpc) is 3.24.